The van der Waals surface area contributed by atoms with E-state index >= 15 is 0 Å². The van der Waals surface area contributed by atoms with Crippen LogP contribution < -0.4 is 5.56 Å². The topological polar surface area (TPSA) is 114 Å². The Morgan fingerprint density at radius 2 is 1.89 bits per heavy atom. The van der Waals surface area contributed by atoms with E-state index in [9.17, 15) is 15.0 Å². The molecule has 2 aromatic carbocycles. The maximum atomic E-state index is 11.2. The summed E-state index contributed by atoms with van der Waals surface area (Å²) in [5.74, 6) is 0.451. The second-order valence-corrected chi connectivity index (χ2v) is 7.59. The van der Waals surface area contributed by atoms with Gasteiger partial charge in [-0.25, -0.2) is 4.98 Å². The number of fused-ring (bicyclic) bond motifs is 1. The summed E-state index contributed by atoms with van der Waals surface area (Å²) >= 11 is 6.37. The molecule has 28 heavy (non-hydrogen) atoms. The Bertz CT molecular complexity index is 1270. The number of aromatic amines is 2. The normalized spacial score (nSPS) is 11.5. The molecule has 140 valence electrons. The van der Waals surface area contributed by atoms with Crippen LogP contribution in [0.1, 0.15) is 5.56 Å². The third-order valence-corrected chi connectivity index (χ3v) is 5.43. The van der Waals surface area contributed by atoms with E-state index in [2.05, 4.69) is 51.8 Å². The Morgan fingerprint density at radius 3 is 2.64 bits per heavy atom. The lowest BCUT2D eigenvalue weighted by Gasteiger charge is -2.06. The van der Waals surface area contributed by atoms with Crippen LogP contribution in [0.2, 0.25) is 0 Å². The number of hydrogen-bond donors (Lipinski definition) is 4. The number of halogens is 2. The number of nitrogens with zero attached hydrogens (tertiary/aromatic N) is 2. The number of pyridine rings is 1. The molecule has 0 saturated carbocycles. The zero-order valence-electron chi connectivity index (χ0n) is 14.1. The van der Waals surface area contributed by atoms with Crippen molar-refractivity contribution >= 4 is 54.8 Å². The van der Waals surface area contributed by atoms with Crippen LogP contribution >= 0.6 is 31.9 Å². The van der Waals surface area contributed by atoms with E-state index in [1.54, 1.807) is 24.4 Å². The maximum Gasteiger partial charge on any atom is 0.247 e. The number of phenolic OH excluding ortho intramolecular Hbond substituents is 2. The first-order valence-electron chi connectivity index (χ1n) is 8.05. The fourth-order valence-corrected chi connectivity index (χ4v) is 3.79. The van der Waals surface area contributed by atoms with Gasteiger partial charge >= 0.3 is 0 Å². The molecule has 9 heteroatoms. The van der Waals surface area contributed by atoms with Crippen molar-refractivity contribution in [2.24, 2.45) is 4.99 Å². The van der Waals surface area contributed by atoms with Gasteiger partial charge in [-0.3, -0.25) is 9.79 Å². The second kappa shape index (κ2) is 7.25. The number of imidazole rings is 1. The van der Waals surface area contributed by atoms with Gasteiger partial charge in [0.15, 0.2) is 0 Å². The van der Waals surface area contributed by atoms with Crippen LogP contribution in [0.5, 0.6) is 11.5 Å². The van der Waals surface area contributed by atoms with E-state index < -0.39 is 0 Å². The lowest BCUT2D eigenvalue weighted by Crippen LogP contribution is -2.01. The van der Waals surface area contributed by atoms with Crippen molar-refractivity contribution in [1.29, 1.82) is 0 Å². The fraction of sp³-hybridized carbons (Fsp3) is 0. The first-order chi connectivity index (χ1) is 13.4. The van der Waals surface area contributed by atoms with Gasteiger partial charge in [-0.05, 0) is 62.2 Å². The molecule has 0 aliphatic carbocycles. The van der Waals surface area contributed by atoms with Gasteiger partial charge in [-0.1, -0.05) is 0 Å². The number of nitrogens with one attached hydrogen (secondary N) is 2. The van der Waals surface area contributed by atoms with Crippen LogP contribution in [-0.4, -0.2) is 31.4 Å². The smallest absolute Gasteiger partial charge is 0.247 e. The average molecular weight is 504 g/mol. The Balaban J connectivity index is 1.68. The molecule has 0 radical (unpaired) electrons. The molecule has 0 spiro atoms. The number of benzene rings is 2. The number of aromatic nitrogens is 3. The van der Waals surface area contributed by atoms with E-state index in [0.29, 0.717) is 21.5 Å². The van der Waals surface area contributed by atoms with Gasteiger partial charge in [-0.15, -0.1) is 0 Å². The number of H-pyrrole nitrogens is 2. The lowest BCUT2D eigenvalue weighted by atomic mass is 10.2. The molecule has 0 aliphatic rings. The van der Waals surface area contributed by atoms with E-state index in [4.69, 9.17) is 0 Å². The predicted molar refractivity (Wildman–Crippen MR) is 115 cm³/mol. The van der Waals surface area contributed by atoms with E-state index in [1.807, 2.05) is 12.1 Å². The summed E-state index contributed by atoms with van der Waals surface area (Å²) in [6, 6.07) is 10.2. The second-order valence-electron chi connectivity index (χ2n) is 5.95. The third-order valence-electron chi connectivity index (χ3n) is 4.07. The SMILES string of the molecule is O=c1ccc(-c2nc3ccc(N=Cc4cc(Br)c(O)c(Br)c4O)cc3[nH]2)c[nH]1. The summed E-state index contributed by atoms with van der Waals surface area (Å²) in [4.78, 5) is 25.9. The van der Waals surface area contributed by atoms with E-state index in [0.717, 1.165) is 16.6 Å². The summed E-state index contributed by atoms with van der Waals surface area (Å²) in [6.07, 6.45) is 3.10. The van der Waals surface area contributed by atoms with Crippen LogP contribution in [0.3, 0.4) is 0 Å². The fourth-order valence-electron chi connectivity index (χ4n) is 2.63. The van der Waals surface area contributed by atoms with Gasteiger partial charge in [0.1, 0.15) is 21.8 Å². The number of aliphatic imine (C=N–C) groups is 1. The van der Waals surface area contributed by atoms with Crippen molar-refractivity contribution < 1.29 is 10.2 Å². The molecule has 2 aromatic heterocycles. The molecule has 0 amide bonds. The number of rotatable bonds is 3. The Hall–Kier alpha value is -2.91. The van der Waals surface area contributed by atoms with E-state index in [1.165, 1.54) is 12.3 Å². The molecule has 4 aromatic rings. The Kier molecular flexibility index (Phi) is 4.78. The maximum absolute atomic E-state index is 11.2. The zero-order chi connectivity index (χ0) is 19.8. The number of phenols is 2. The first-order valence-corrected chi connectivity index (χ1v) is 9.64. The average Bonchev–Trinajstić information content (AvgIpc) is 3.12. The molecule has 0 unspecified atom stereocenters. The van der Waals surface area contributed by atoms with Gasteiger partial charge < -0.3 is 20.2 Å². The van der Waals surface area contributed by atoms with Crippen molar-refractivity contribution in [3.8, 4) is 22.9 Å². The number of aromatic hydroxyl groups is 2. The lowest BCUT2D eigenvalue weighted by molar-refractivity contribution is 0.442. The highest BCUT2D eigenvalue weighted by Crippen LogP contribution is 2.40. The van der Waals surface area contributed by atoms with Gasteiger partial charge in [0.05, 0.1) is 21.2 Å². The van der Waals surface area contributed by atoms with Crippen molar-refractivity contribution in [3.05, 3.63) is 67.5 Å². The van der Waals surface area contributed by atoms with Crippen molar-refractivity contribution in [3.63, 3.8) is 0 Å². The van der Waals surface area contributed by atoms with E-state index in [-0.39, 0.29) is 21.5 Å². The van der Waals surface area contributed by atoms with Gasteiger partial charge in [-0.2, -0.15) is 0 Å². The molecule has 0 saturated heterocycles. The molecule has 0 atom stereocenters. The molecule has 0 aliphatic heterocycles. The van der Waals surface area contributed by atoms with Gasteiger partial charge in [0.2, 0.25) is 5.56 Å². The van der Waals surface area contributed by atoms with Gasteiger partial charge in [0.25, 0.3) is 0 Å². The minimum Gasteiger partial charge on any atom is -0.506 e. The molecule has 4 N–H and O–H groups in total. The summed E-state index contributed by atoms with van der Waals surface area (Å²) < 4.78 is 0.631. The Labute approximate surface area is 175 Å². The summed E-state index contributed by atoms with van der Waals surface area (Å²) in [5, 5.41) is 19.9. The Morgan fingerprint density at radius 1 is 1.07 bits per heavy atom. The standard InChI is InChI=1S/C19H12Br2N4O3/c20-12-5-10(17(27)16(21)18(12)28)8-22-11-2-3-13-14(6-11)25-19(24-13)9-1-4-15(26)23-7-9/h1-8,27-28H,(H,23,26)(H,24,25). The molecule has 4 rings (SSSR count). The predicted octanol–water partition coefficient (Wildman–Crippen LogP) is 4.61. The molecule has 0 fully saturated rings. The zero-order valence-corrected chi connectivity index (χ0v) is 17.2. The van der Waals surface area contributed by atoms with Crippen LogP contribution in [0.15, 0.2) is 61.3 Å². The van der Waals surface area contributed by atoms with Crippen molar-refractivity contribution in [1.82, 2.24) is 15.0 Å². The summed E-state index contributed by atoms with van der Waals surface area (Å²) in [5.41, 5.74) is 3.24. The number of hydrogen-bond acceptors (Lipinski definition) is 5. The van der Waals surface area contributed by atoms with Crippen LogP contribution in [0.4, 0.5) is 5.69 Å². The summed E-state index contributed by atoms with van der Waals surface area (Å²) in [7, 11) is 0. The monoisotopic (exact) mass is 502 g/mol. The molecular formula is C19H12Br2N4O3. The van der Waals surface area contributed by atoms with Crippen LogP contribution in [0.25, 0.3) is 22.4 Å². The minimum atomic E-state index is -0.174. The largest absolute Gasteiger partial charge is 0.506 e. The van der Waals surface area contributed by atoms with Crippen molar-refractivity contribution in [2.45, 2.75) is 0 Å². The highest BCUT2D eigenvalue weighted by molar-refractivity contribution is 9.11. The van der Waals surface area contributed by atoms with Crippen LogP contribution in [0, 0.1) is 0 Å². The third kappa shape index (κ3) is 3.46. The molecular weight excluding hydrogens is 492 g/mol. The van der Waals surface area contributed by atoms with Gasteiger partial charge in [0, 0.05) is 29.6 Å². The van der Waals surface area contributed by atoms with Crippen molar-refractivity contribution in [2.75, 3.05) is 0 Å². The molecule has 2 heterocycles. The highest BCUT2D eigenvalue weighted by Gasteiger charge is 2.13. The summed E-state index contributed by atoms with van der Waals surface area (Å²) in [6.45, 7) is 0. The quantitative estimate of drug-likeness (QED) is 0.306. The highest BCUT2D eigenvalue weighted by atomic mass is 79.9. The molecule has 7 nitrogen and oxygen atoms in total. The van der Waals surface area contributed by atoms with Crippen LogP contribution in [-0.2, 0) is 0 Å². The molecule has 0 bridgehead atoms. The first kappa shape index (κ1) is 18.5. The minimum absolute atomic E-state index is 0.0803.